The zero-order valence-electron chi connectivity index (χ0n) is 12.4. The minimum atomic E-state index is -3.12. The molecule has 6 nitrogen and oxygen atoms in total. The first-order valence-electron chi connectivity index (χ1n) is 6.91. The fraction of sp³-hybridized carbons (Fsp3) is 0.571. The second kappa shape index (κ2) is 6.53. The van der Waals surface area contributed by atoms with Gasteiger partial charge in [0.05, 0.1) is 25.7 Å². The van der Waals surface area contributed by atoms with Crippen LogP contribution >= 0.6 is 0 Å². The molecule has 1 aliphatic rings. The average molecular weight is 314 g/mol. The Kier molecular flexibility index (Phi) is 4.95. The highest BCUT2D eigenvalue weighted by Crippen LogP contribution is 2.27. The second-order valence-corrected chi connectivity index (χ2v) is 7.33. The molecule has 1 fully saturated rings. The van der Waals surface area contributed by atoms with Crippen LogP contribution in [0.4, 0.5) is 5.69 Å². The van der Waals surface area contributed by atoms with Gasteiger partial charge in [0.1, 0.15) is 11.5 Å². The zero-order valence-corrected chi connectivity index (χ0v) is 13.2. The number of nitrogens with zero attached hydrogens (tertiary/aromatic N) is 1. The fourth-order valence-electron chi connectivity index (χ4n) is 2.48. The number of methoxy groups -OCH3 is 1. The van der Waals surface area contributed by atoms with E-state index in [0.717, 1.165) is 12.8 Å². The lowest BCUT2D eigenvalue weighted by Gasteiger charge is -2.30. The standard InChI is InChI=1S/C14H22N2O4S/c1-19-14-6-5-12(8-13(14)15)20-10-11-4-3-7-16(9-11)21(2,17)18/h5-6,8,11H,3-4,7,9-10,15H2,1-2H3. The zero-order chi connectivity index (χ0) is 15.5. The molecule has 7 heteroatoms. The van der Waals surface area contributed by atoms with E-state index >= 15 is 0 Å². The highest BCUT2D eigenvalue weighted by atomic mass is 32.2. The van der Waals surface area contributed by atoms with Gasteiger partial charge in [0, 0.05) is 25.1 Å². The van der Waals surface area contributed by atoms with Crippen LogP contribution in [0.5, 0.6) is 11.5 Å². The summed E-state index contributed by atoms with van der Waals surface area (Å²) in [5.41, 5.74) is 6.35. The lowest BCUT2D eigenvalue weighted by molar-refractivity contribution is 0.180. The van der Waals surface area contributed by atoms with Crippen molar-refractivity contribution in [1.29, 1.82) is 0 Å². The largest absolute Gasteiger partial charge is 0.495 e. The third-order valence-electron chi connectivity index (χ3n) is 3.64. The SMILES string of the molecule is COc1ccc(OCC2CCCN(S(C)(=O)=O)C2)cc1N. The number of piperidine rings is 1. The van der Waals surface area contributed by atoms with Crippen LogP contribution in [0.15, 0.2) is 18.2 Å². The molecule has 0 aromatic heterocycles. The molecule has 1 unspecified atom stereocenters. The summed E-state index contributed by atoms with van der Waals surface area (Å²) in [6.45, 7) is 1.60. The van der Waals surface area contributed by atoms with Gasteiger partial charge in [-0.15, -0.1) is 0 Å². The fourth-order valence-corrected chi connectivity index (χ4v) is 3.42. The van der Waals surface area contributed by atoms with Gasteiger partial charge < -0.3 is 15.2 Å². The predicted molar refractivity (Wildman–Crippen MR) is 82.0 cm³/mol. The maximum atomic E-state index is 11.6. The monoisotopic (exact) mass is 314 g/mol. The maximum Gasteiger partial charge on any atom is 0.211 e. The number of nitrogen functional groups attached to an aromatic ring is 1. The molecule has 1 atom stereocenters. The molecular formula is C14H22N2O4S. The summed E-state index contributed by atoms with van der Waals surface area (Å²) in [5.74, 6) is 1.49. The quantitative estimate of drug-likeness (QED) is 0.829. The maximum absolute atomic E-state index is 11.6. The Morgan fingerprint density at radius 2 is 2.19 bits per heavy atom. The first-order valence-corrected chi connectivity index (χ1v) is 8.76. The van der Waals surface area contributed by atoms with Gasteiger partial charge in [0.25, 0.3) is 0 Å². The molecule has 1 saturated heterocycles. The highest BCUT2D eigenvalue weighted by Gasteiger charge is 2.26. The lowest BCUT2D eigenvalue weighted by Crippen LogP contribution is -2.40. The number of hydrogen-bond acceptors (Lipinski definition) is 5. The molecule has 1 aromatic rings. The third-order valence-corrected chi connectivity index (χ3v) is 4.91. The van der Waals surface area contributed by atoms with E-state index in [1.54, 1.807) is 25.3 Å². The molecule has 0 spiro atoms. The minimum Gasteiger partial charge on any atom is -0.495 e. The van der Waals surface area contributed by atoms with E-state index in [2.05, 4.69) is 0 Å². The molecule has 21 heavy (non-hydrogen) atoms. The van der Waals surface area contributed by atoms with E-state index in [4.69, 9.17) is 15.2 Å². The van der Waals surface area contributed by atoms with Crippen molar-refractivity contribution in [2.75, 3.05) is 38.8 Å². The molecule has 1 heterocycles. The van der Waals surface area contributed by atoms with Gasteiger partial charge in [-0.05, 0) is 25.0 Å². The summed E-state index contributed by atoms with van der Waals surface area (Å²) in [4.78, 5) is 0. The van der Waals surface area contributed by atoms with E-state index in [0.29, 0.717) is 36.9 Å². The van der Waals surface area contributed by atoms with E-state index in [9.17, 15) is 8.42 Å². The molecule has 2 rings (SSSR count). The van der Waals surface area contributed by atoms with E-state index < -0.39 is 10.0 Å². The number of rotatable bonds is 5. The number of ether oxygens (including phenoxy) is 2. The highest BCUT2D eigenvalue weighted by molar-refractivity contribution is 7.88. The summed E-state index contributed by atoms with van der Waals surface area (Å²) < 4.78 is 35.5. The van der Waals surface area contributed by atoms with Crippen LogP contribution in [0.1, 0.15) is 12.8 Å². The van der Waals surface area contributed by atoms with Crippen LogP contribution in [-0.4, -0.2) is 45.8 Å². The summed E-state index contributed by atoms with van der Waals surface area (Å²) in [6, 6.07) is 5.27. The molecule has 0 amide bonds. The Morgan fingerprint density at radius 3 is 2.81 bits per heavy atom. The predicted octanol–water partition coefficient (Wildman–Crippen LogP) is 1.33. The van der Waals surface area contributed by atoms with Crippen molar-refractivity contribution in [3.63, 3.8) is 0 Å². The van der Waals surface area contributed by atoms with Crippen molar-refractivity contribution >= 4 is 15.7 Å². The van der Waals surface area contributed by atoms with Gasteiger partial charge in [0.2, 0.25) is 10.0 Å². The minimum absolute atomic E-state index is 0.205. The van der Waals surface area contributed by atoms with Crippen LogP contribution < -0.4 is 15.2 Å². The Labute approximate surface area is 125 Å². The first kappa shape index (κ1) is 15.9. The molecular weight excluding hydrogens is 292 g/mol. The Hall–Kier alpha value is -1.47. The number of hydrogen-bond donors (Lipinski definition) is 1. The van der Waals surface area contributed by atoms with Gasteiger partial charge in [0.15, 0.2) is 0 Å². The average Bonchev–Trinajstić information content (AvgIpc) is 2.45. The van der Waals surface area contributed by atoms with E-state index in [-0.39, 0.29) is 5.92 Å². The smallest absolute Gasteiger partial charge is 0.211 e. The summed E-state index contributed by atoms with van der Waals surface area (Å²) in [5, 5.41) is 0. The molecule has 0 saturated carbocycles. The molecule has 1 aliphatic heterocycles. The van der Waals surface area contributed by atoms with Crippen LogP contribution in [0, 0.1) is 5.92 Å². The Bertz CT molecular complexity index is 589. The van der Waals surface area contributed by atoms with Gasteiger partial charge in [-0.25, -0.2) is 12.7 Å². The molecule has 118 valence electrons. The van der Waals surface area contributed by atoms with Crippen molar-refractivity contribution in [2.45, 2.75) is 12.8 Å². The lowest BCUT2D eigenvalue weighted by atomic mass is 10.0. The molecule has 0 aliphatic carbocycles. The number of sulfonamides is 1. The second-order valence-electron chi connectivity index (χ2n) is 5.34. The summed E-state index contributed by atoms with van der Waals surface area (Å²) >= 11 is 0. The number of anilines is 1. The van der Waals surface area contributed by atoms with Crippen molar-refractivity contribution in [3.8, 4) is 11.5 Å². The van der Waals surface area contributed by atoms with E-state index in [1.165, 1.54) is 10.6 Å². The third kappa shape index (κ3) is 4.25. The van der Waals surface area contributed by atoms with Crippen molar-refractivity contribution in [2.24, 2.45) is 5.92 Å². The van der Waals surface area contributed by atoms with Gasteiger partial charge in [-0.2, -0.15) is 0 Å². The van der Waals surface area contributed by atoms with Crippen molar-refractivity contribution in [1.82, 2.24) is 4.31 Å². The van der Waals surface area contributed by atoms with Crippen LogP contribution in [0.3, 0.4) is 0 Å². The first-order chi connectivity index (χ1) is 9.90. The summed E-state index contributed by atoms with van der Waals surface area (Å²) in [7, 11) is -1.55. The molecule has 0 radical (unpaired) electrons. The summed E-state index contributed by atoms with van der Waals surface area (Å²) in [6.07, 6.45) is 3.09. The molecule has 0 bridgehead atoms. The van der Waals surface area contributed by atoms with Crippen LogP contribution in [-0.2, 0) is 10.0 Å². The van der Waals surface area contributed by atoms with Gasteiger partial charge in [-0.3, -0.25) is 0 Å². The van der Waals surface area contributed by atoms with E-state index in [1.807, 2.05) is 0 Å². The topological polar surface area (TPSA) is 81.9 Å². The normalized spacial score (nSPS) is 20.2. The Balaban J connectivity index is 1.92. The van der Waals surface area contributed by atoms with Crippen molar-refractivity contribution in [3.05, 3.63) is 18.2 Å². The van der Waals surface area contributed by atoms with Crippen LogP contribution in [0.2, 0.25) is 0 Å². The number of benzene rings is 1. The van der Waals surface area contributed by atoms with Crippen molar-refractivity contribution < 1.29 is 17.9 Å². The molecule has 2 N–H and O–H groups in total. The van der Waals surface area contributed by atoms with Crippen LogP contribution in [0.25, 0.3) is 0 Å². The van der Waals surface area contributed by atoms with Gasteiger partial charge >= 0.3 is 0 Å². The van der Waals surface area contributed by atoms with Gasteiger partial charge in [-0.1, -0.05) is 0 Å². The molecule has 1 aromatic carbocycles. The Morgan fingerprint density at radius 1 is 1.43 bits per heavy atom. The number of nitrogens with two attached hydrogens (primary N) is 1.